The van der Waals surface area contributed by atoms with Crippen LogP contribution >= 0.6 is 0 Å². The zero-order valence-electron chi connectivity index (χ0n) is 7.94. The molecule has 0 aliphatic carbocycles. The van der Waals surface area contributed by atoms with E-state index in [2.05, 4.69) is 9.47 Å². The van der Waals surface area contributed by atoms with Gasteiger partial charge in [0.1, 0.15) is 12.9 Å². The van der Waals surface area contributed by atoms with Crippen molar-refractivity contribution in [1.82, 2.24) is 0 Å². The minimum Gasteiger partial charge on any atom is -0.388 e. The predicted molar refractivity (Wildman–Crippen MR) is 43.4 cm³/mol. The zero-order chi connectivity index (χ0) is 10.2. The summed E-state index contributed by atoms with van der Waals surface area (Å²) in [5, 5.41) is 25.2. The van der Waals surface area contributed by atoms with Crippen LogP contribution in [0.15, 0.2) is 0 Å². The molecule has 0 rings (SSSR count). The Bertz CT molecular complexity index is 84.3. The minimum atomic E-state index is -1.94. The summed E-state index contributed by atoms with van der Waals surface area (Å²) < 4.78 is 8.94. The summed E-state index contributed by atoms with van der Waals surface area (Å²) in [5.74, 6) is -1.94. The molecule has 0 aliphatic heterocycles. The van der Waals surface area contributed by atoms with Crippen LogP contribution in [0.3, 0.4) is 0 Å². The Morgan fingerprint density at radius 2 is 1.50 bits per heavy atom. The van der Waals surface area contributed by atoms with E-state index in [0.717, 1.165) is 6.92 Å². The molecule has 0 aromatic rings. The third kappa shape index (κ3) is 12.5. The van der Waals surface area contributed by atoms with Crippen LogP contribution in [-0.2, 0) is 9.47 Å². The monoisotopic (exact) mass is 182 g/mol. The highest BCUT2D eigenvalue weighted by Gasteiger charge is 2.21. The molecule has 5 nitrogen and oxygen atoms in total. The Morgan fingerprint density at radius 1 is 1.25 bits per heavy atom. The Hall–Kier alpha value is -0.200. The number of aliphatic hydroxyl groups is 3. The lowest BCUT2D eigenvalue weighted by Crippen LogP contribution is -2.36. The highest BCUT2D eigenvalue weighted by molar-refractivity contribution is 4.61. The topological polar surface area (TPSA) is 79.2 Å². The second-order valence-electron chi connectivity index (χ2n) is 2.47. The first kappa shape index (κ1) is 14.3. The molecule has 76 valence electrons. The SMILES string of the molecule is CC(O)C(C)(O)O.COCOC. The zero-order valence-corrected chi connectivity index (χ0v) is 7.94. The van der Waals surface area contributed by atoms with Gasteiger partial charge in [0.05, 0.1) is 0 Å². The van der Waals surface area contributed by atoms with Crippen LogP contribution in [0.4, 0.5) is 0 Å². The fourth-order valence-electron chi connectivity index (χ4n) is 0.118. The van der Waals surface area contributed by atoms with Gasteiger partial charge in [-0.25, -0.2) is 0 Å². The van der Waals surface area contributed by atoms with Gasteiger partial charge in [0.2, 0.25) is 0 Å². The lowest BCUT2D eigenvalue weighted by Gasteiger charge is -2.17. The molecule has 1 atom stereocenters. The van der Waals surface area contributed by atoms with Gasteiger partial charge in [0.25, 0.3) is 0 Å². The number of hydrogen-bond acceptors (Lipinski definition) is 5. The van der Waals surface area contributed by atoms with Gasteiger partial charge in [-0.15, -0.1) is 0 Å². The van der Waals surface area contributed by atoms with Crippen molar-refractivity contribution in [3.05, 3.63) is 0 Å². The summed E-state index contributed by atoms with van der Waals surface area (Å²) in [6, 6.07) is 0. The molecule has 0 bridgehead atoms. The van der Waals surface area contributed by atoms with Gasteiger partial charge in [-0.1, -0.05) is 0 Å². The molecule has 0 saturated carbocycles. The van der Waals surface area contributed by atoms with E-state index in [9.17, 15) is 0 Å². The first-order valence-corrected chi connectivity index (χ1v) is 3.47. The lowest BCUT2D eigenvalue weighted by atomic mass is 10.2. The largest absolute Gasteiger partial charge is 0.388 e. The smallest absolute Gasteiger partial charge is 0.186 e. The number of hydrogen-bond donors (Lipinski definition) is 3. The minimum absolute atomic E-state index is 0.389. The maximum absolute atomic E-state index is 8.40. The van der Waals surface area contributed by atoms with Gasteiger partial charge in [-0.05, 0) is 13.8 Å². The quantitative estimate of drug-likeness (QED) is 0.503. The van der Waals surface area contributed by atoms with E-state index in [0.29, 0.717) is 6.79 Å². The van der Waals surface area contributed by atoms with Crippen LogP contribution in [0, 0.1) is 0 Å². The maximum atomic E-state index is 8.40. The molecule has 0 spiro atoms. The lowest BCUT2D eigenvalue weighted by molar-refractivity contribution is -0.205. The van der Waals surface area contributed by atoms with Crippen molar-refractivity contribution >= 4 is 0 Å². The van der Waals surface area contributed by atoms with Crippen molar-refractivity contribution in [3.8, 4) is 0 Å². The third-order valence-electron chi connectivity index (χ3n) is 1.03. The van der Waals surface area contributed by atoms with Gasteiger partial charge in [-0.3, -0.25) is 0 Å². The van der Waals surface area contributed by atoms with Crippen LogP contribution in [-0.4, -0.2) is 48.2 Å². The second kappa shape index (κ2) is 7.45. The Morgan fingerprint density at radius 3 is 1.50 bits per heavy atom. The molecular weight excluding hydrogens is 164 g/mol. The van der Waals surface area contributed by atoms with Crippen molar-refractivity contribution < 1.29 is 24.8 Å². The third-order valence-corrected chi connectivity index (χ3v) is 1.03. The van der Waals surface area contributed by atoms with Crippen molar-refractivity contribution in [3.63, 3.8) is 0 Å². The van der Waals surface area contributed by atoms with E-state index >= 15 is 0 Å². The van der Waals surface area contributed by atoms with E-state index in [1.807, 2.05) is 0 Å². The highest BCUT2D eigenvalue weighted by Crippen LogP contribution is 2.01. The normalized spacial score (nSPS) is 13.2. The summed E-state index contributed by atoms with van der Waals surface area (Å²) in [7, 11) is 3.17. The molecule has 0 fully saturated rings. The molecule has 0 amide bonds. The Labute approximate surface area is 72.5 Å². The van der Waals surface area contributed by atoms with Crippen molar-refractivity contribution in [2.45, 2.75) is 25.7 Å². The van der Waals surface area contributed by atoms with Gasteiger partial charge >= 0.3 is 0 Å². The van der Waals surface area contributed by atoms with Crippen LogP contribution in [0.25, 0.3) is 0 Å². The van der Waals surface area contributed by atoms with E-state index in [-0.39, 0.29) is 0 Å². The first-order valence-electron chi connectivity index (χ1n) is 3.47. The molecule has 0 saturated heterocycles. The summed E-state index contributed by atoms with van der Waals surface area (Å²) >= 11 is 0. The van der Waals surface area contributed by atoms with Crippen molar-refractivity contribution in [1.29, 1.82) is 0 Å². The standard InChI is InChI=1S/C4H10O3.C3H8O2/c1-3(5)4(2,6)7;1-4-3-5-2/h3,5-7H,1-2H3;3H2,1-2H3. The molecule has 12 heavy (non-hydrogen) atoms. The predicted octanol–water partition coefficient (Wildman–Crippen LogP) is -0.695. The second-order valence-corrected chi connectivity index (χ2v) is 2.47. The fraction of sp³-hybridized carbons (Fsp3) is 1.00. The summed E-state index contributed by atoms with van der Waals surface area (Å²) in [6.07, 6.45) is -1.09. The molecule has 0 radical (unpaired) electrons. The average Bonchev–Trinajstić information content (AvgIpc) is 1.88. The molecule has 5 heteroatoms. The summed E-state index contributed by atoms with van der Waals surface area (Å²) in [6.45, 7) is 2.82. The molecule has 0 aromatic carbocycles. The van der Waals surface area contributed by atoms with E-state index < -0.39 is 11.9 Å². The summed E-state index contributed by atoms with van der Waals surface area (Å²) in [4.78, 5) is 0. The number of aliphatic hydroxyl groups excluding tert-OH is 1. The van der Waals surface area contributed by atoms with Gasteiger partial charge < -0.3 is 24.8 Å². The molecule has 3 N–H and O–H groups in total. The van der Waals surface area contributed by atoms with Crippen LogP contribution < -0.4 is 0 Å². The van der Waals surface area contributed by atoms with E-state index in [4.69, 9.17) is 15.3 Å². The fourth-order valence-corrected chi connectivity index (χ4v) is 0.118. The number of ether oxygens (including phenoxy) is 2. The van der Waals surface area contributed by atoms with Crippen molar-refractivity contribution in [2.75, 3.05) is 21.0 Å². The molecule has 0 aromatic heterocycles. The number of rotatable bonds is 3. The molecular formula is C7H18O5. The van der Waals surface area contributed by atoms with Gasteiger partial charge in [-0.2, -0.15) is 0 Å². The molecule has 0 aliphatic rings. The summed E-state index contributed by atoms with van der Waals surface area (Å²) in [5.41, 5.74) is 0. The van der Waals surface area contributed by atoms with Crippen molar-refractivity contribution in [2.24, 2.45) is 0 Å². The van der Waals surface area contributed by atoms with Gasteiger partial charge in [0.15, 0.2) is 5.79 Å². The average molecular weight is 182 g/mol. The van der Waals surface area contributed by atoms with Crippen LogP contribution in [0.2, 0.25) is 0 Å². The Balaban J connectivity index is 0. The highest BCUT2D eigenvalue weighted by atomic mass is 16.6. The van der Waals surface area contributed by atoms with Crippen LogP contribution in [0.1, 0.15) is 13.8 Å². The Kier molecular flexibility index (Phi) is 8.90. The molecule has 1 unspecified atom stereocenters. The van der Waals surface area contributed by atoms with Gasteiger partial charge in [0, 0.05) is 14.2 Å². The number of methoxy groups -OCH3 is 2. The maximum Gasteiger partial charge on any atom is 0.186 e. The van der Waals surface area contributed by atoms with E-state index in [1.54, 1.807) is 14.2 Å². The first-order chi connectivity index (χ1) is 5.36. The van der Waals surface area contributed by atoms with E-state index in [1.165, 1.54) is 6.92 Å². The van der Waals surface area contributed by atoms with Crippen LogP contribution in [0.5, 0.6) is 0 Å². The molecule has 0 heterocycles.